The van der Waals surface area contributed by atoms with E-state index in [0.717, 1.165) is 54.0 Å². The zero-order valence-corrected chi connectivity index (χ0v) is 22.5. The Morgan fingerprint density at radius 3 is 2.34 bits per heavy atom. The molecule has 38 heavy (non-hydrogen) atoms. The Morgan fingerprint density at radius 1 is 1.03 bits per heavy atom. The standard InChI is InChI=1S/C29H34N6O3/c1-17(2)34(28(36)22-8-6-18(3)7-9-22)27-24(29(37)38)16-33(32-27)23-12-10-21(11-13-23)25-15-26-30-19(4)14-20(5)35(26)31-25/h10-18,22H,6-9H2,1-5H3,(H,37,38)/t18-,22-. The molecule has 0 radical (unpaired) electrons. The first kappa shape index (κ1) is 25.6. The van der Waals surface area contributed by atoms with Crippen molar-refractivity contribution in [1.29, 1.82) is 0 Å². The number of aromatic carboxylic acids is 1. The normalized spacial score (nSPS) is 17.7. The van der Waals surface area contributed by atoms with Crippen molar-refractivity contribution in [3.05, 3.63) is 59.5 Å². The van der Waals surface area contributed by atoms with Gasteiger partial charge in [0.05, 0.1) is 11.4 Å². The summed E-state index contributed by atoms with van der Waals surface area (Å²) in [4.78, 5) is 31.9. The van der Waals surface area contributed by atoms with E-state index in [-0.39, 0.29) is 29.2 Å². The van der Waals surface area contributed by atoms with Crippen LogP contribution in [0, 0.1) is 25.7 Å². The third-order valence-corrected chi connectivity index (χ3v) is 7.43. The lowest BCUT2D eigenvalue weighted by Crippen LogP contribution is -2.43. The van der Waals surface area contributed by atoms with Crippen molar-refractivity contribution in [3.63, 3.8) is 0 Å². The average molecular weight is 515 g/mol. The summed E-state index contributed by atoms with van der Waals surface area (Å²) in [5.41, 5.74) is 5.14. The average Bonchev–Trinajstić information content (AvgIpc) is 3.50. The number of carboxylic acids is 1. The molecule has 0 unspecified atom stereocenters. The van der Waals surface area contributed by atoms with Gasteiger partial charge in [-0.25, -0.2) is 19.0 Å². The van der Waals surface area contributed by atoms with Crippen LogP contribution in [0.25, 0.3) is 22.6 Å². The van der Waals surface area contributed by atoms with E-state index in [0.29, 0.717) is 11.6 Å². The summed E-state index contributed by atoms with van der Waals surface area (Å²) < 4.78 is 3.35. The molecule has 1 fully saturated rings. The van der Waals surface area contributed by atoms with Gasteiger partial charge < -0.3 is 5.11 Å². The van der Waals surface area contributed by atoms with Crippen molar-refractivity contribution in [1.82, 2.24) is 24.4 Å². The smallest absolute Gasteiger partial charge is 0.341 e. The summed E-state index contributed by atoms with van der Waals surface area (Å²) in [6.45, 7) is 9.97. The quantitative estimate of drug-likeness (QED) is 0.366. The maximum Gasteiger partial charge on any atom is 0.341 e. The fourth-order valence-corrected chi connectivity index (χ4v) is 5.35. The van der Waals surface area contributed by atoms with Crippen LogP contribution in [-0.4, -0.2) is 47.4 Å². The lowest BCUT2D eigenvalue weighted by Gasteiger charge is -2.32. The van der Waals surface area contributed by atoms with Crippen LogP contribution in [0.1, 0.15) is 68.2 Å². The van der Waals surface area contributed by atoms with E-state index in [1.807, 2.05) is 68.6 Å². The molecule has 1 amide bonds. The van der Waals surface area contributed by atoms with E-state index < -0.39 is 5.97 Å². The number of aryl methyl sites for hydroxylation is 2. The molecule has 0 spiro atoms. The van der Waals surface area contributed by atoms with E-state index in [1.54, 1.807) is 4.90 Å². The molecule has 3 heterocycles. The minimum absolute atomic E-state index is 0.0116. The van der Waals surface area contributed by atoms with Crippen LogP contribution >= 0.6 is 0 Å². The molecular formula is C29H34N6O3. The number of carboxylic acid groups (broad SMARTS) is 1. The summed E-state index contributed by atoms with van der Waals surface area (Å²) in [5.74, 6) is -0.444. The van der Waals surface area contributed by atoms with Crippen LogP contribution < -0.4 is 4.90 Å². The summed E-state index contributed by atoms with van der Waals surface area (Å²) in [7, 11) is 0. The van der Waals surface area contributed by atoms with Gasteiger partial charge >= 0.3 is 5.97 Å². The number of rotatable bonds is 6. The molecular weight excluding hydrogens is 480 g/mol. The summed E-state index contributed by atoms with van der Waals surface area (Å²) in [6, 6.07) is 11.3. The predicted molar refractivity (Wildman–Crippen MR) is 146 cm³/mol. The number of fused-ring (bicyclic) bond motifs is 1. The monoisotopic (exact) mass is 514 g/mol. The molecule has 1 aliphatic carbocycles. The molecule has 198 valence electrons. The summed E-state index contributed by atoms with van der Waals surface area (Å²) in [5, 5.41) is 19.3. The SMILES string of the molecule is Cc1cc(C)n2nc(-c3ccc(-n4cc(C(=O)O)c(N(C(=O)[C@H]5CC[C@H](C)CC5)C(C)C)n4)cc3)cc2n1. The number of carbonyl (C=O) groups excluding carboxylic acids is 1. The van der Waals surface area contributed by atoms with E-state index in [4.69, 9.17) is 0 Å². The number of nitrogens with zero attached hydrogens (tertiary/aromatic N) is 6. The minimum Gasteiger partial charge on any atom is -0.477 e. The maximum atomic E-state index is 13.6. The first-order valence-corrected chi connectivity index (χ1v) is 13.2. The van der Waals surface area contributed by atoms with Crippen molar-refractivity contribution in [2.45, 2.75) is 66.3 Å². The summed E-state index contributed by atoms with van der Waals surface area (Å²) >= 11 is 0. The third kappa shape index (κ3) is 4.80. The highest BCUT2D eigenvalue weighted by atomic mass is 16.4. The van der Waals surface area contributed by atoms with Crippen LogP contribution in [-0.2, 0) is 4.79 Å². The predicted octanol–water partition coefficient (Wildman–Crippen LogP) is 5.46. The van der Waals surface area contributed by atoms with E-state index >= 15 is 0 Å². The first-order chi connectivity index (χ1) is 18.1. The number of hydrogen-bond donors (Lipinski definition) is 1. The molecule has 0 aliphatic heterocycles. The second-order valence-corrected chi connectivity index (χ2v) is 10.8. The molecule has 4 aromatic rings. The molecule has 0 saturated heterocycles. The fourth-order valence-electron chi connectivity index (χ4n) is 5.35. The molecule has 3 aromatic heterocycles. The molecule has 5 rings (SSSR count). The largest absolute Gasteiger partial charge is 0.477 e. The number of carbonyl (C=O) groups is 2. The second-order valence-electron chi connectivity index (χ2n) is 10.8. The highest BCUT2D eigenvalue weighted by molar-refractivity contribution is 6.01. The van der Waals surface area contributed by atoms with Gasteiger partial charge in [0.1, 0.15) is 5.56 Å². The first-order valence-electron chi connectivity index (χ1n) is 13.2. The van der Waals surface area contributed by atoms with Gasteiger partial charge in [0.15, 0.2) is 11.5 Å². The lowest BCUT2D eigenvalue weighted by atomic mass is 9.82. The lowest BCUT2D eigenvalue weighted by molar-refractivity contribution is -0.124. The van der Waals surface area contributed by atoms with E-state index in [2.05, 4.69) is 22.1 Å². The van der Waals surface area contributed by atoms with Gasteiger partial charge in [0, 0.05) is 41.2 Å². The zero-order valence-electron chi connectivity index (χ0n) is 22.5. The zero-order chi connectivity index (χ0) is 27.1. The van der Waals surface area contributed by atoms with Gasteiger partial charge in [-0.05, 0) is 77.5 Å². The minimum atomic E-state index is -1.11. The number of amides is 1. The highest BCUT2D eigenvalue weighted by Crippen LogP contribution is 2.33. The molecule has 1 aromatic carbocycles. The van der Waals surface area contributed by atoms with Crippen molar-refractivity contribution >= 4 is 23.3 Å². The molecule has 1 N–H and O–H groups in total. The molecule has 0 atom stereocenters. The van der Waals surface area contributed by atoms with E-state index in [9.17, 15) is 14.7 Å². The van der Waals surface area contributed by atoms with Crippen molar-refractivity contribution in [3.8, 4) is 16.9 Å². The molecule has 0 bridgehead atoms. The number of benzene rings is 1. The molecule has 1 saturated carbocycles. The summed E-state index contributed by atoms with van der Waals surface area (Å²) in [6.07, 6.45) is 5.16. The van der Waals surface area contributed by atoms with Gasteiger partial charge in [-0.15, -0.1) is 5.10 Å². The van der Waals surface area contributed by atoms with Crippen molar-refractivity contribution in [2.75, 3.05) is 4.90 Å². The molecule has 9 heteroatoms. The van der Waals surface area contributed by atoms with Crippen molar-refractivity contribution < 1.29 is 14.7 Å². The van der Waals surface area contributed by atoms with Crippen LogP contribution in [0.15, 0.2) is 42.6 Å². The number of anilines is 1. The Bertz CT molecular complexity index is 1490. The topological polar surface area (TPSA) is 106 Å². The fraction of sp³-hybridized carbons (Fsp3) is 0.414. The molecule has 9 nitrogen and oxygen atoms in total. The van der Waals surface area contributed by atoms with Crippen LogP contribution in [0.3, 0.4) is 0 Å². The van der Waals surface area contributed by atoms with Gasteiger partial charge in [-0.3, -0.25) is 9.69 Å². The number of aromatic nitrogens is 5. The second kappa shape index (κ2) is 10.0. The van der Waals surface area contributed by atoms with E-state index in [1.165, 1.54) is 10.9 Å². The Balaban J connectivity index is 1.46. The van der Waals surface area contributed by atoms with Gasteiger partial charge in [0.2, 0.25) is 5.91 Å². The molecule has 1 aliphatic rings. The van der Waals surface area contributed by atoms with Gasteiger partial charge in [-0.1, -0.05) is 19.1 Å². The highest BCUT2D eigenvalue weighted by Gasteiger charge is 2.34. The maximum absolute atomic E-state index is 13.6. The van der Waals surface area contributed by atoms with Gasteiger partial charge in [0.25, 0.3) is 0 Å². The Labute approximate surface area is 222 Å². The number of hydrogen-bond acceptors (Lipinski definition) is 5. The van der Waals surface area contributed by atoms with Crippen LogP contribution in [0.2, 0.25) is 0 Å². The van der Waals surface area contributed by atoms with Gasteiger partial charge in [-0.2, -0.15) is 5.10 Å². The van der Waals surface area contributed by atoms with Crippen LogP contribution in [0.4, 0.5) is 5.82 Å². The van der Waals surface area contributed by atoms with Crippen molar-refractivity contribution in [2.24, 2.45) is 11.8 Å². The Morgan fingerprint density at radius 2 is 1.71 bits per heavy atom. The third-order valence-electron chi connectivity index (χ3n) is 7.43. The van der Waals surface area contributed by atoms with Crippen LogP contribution in [0.5, 0.6) is 0 Å². The Kier molecular flexibility index (Phi) is 6.77. The Hall–Kier alpha value is -4.01.